The van der Waals surface area contributed by atoms with E-state index in [1.807, 2.05) is 57.2 Å². The summed E-state index contributed by atoms with van der Waals surface area (Å²) in [7, 11) is 0. The van der Waals surface area contributed by atoms with Crippen molar-refractivity contribution < 1.29 is 14.1 Å². The highest BCUT2D eigenvalue weighted by atomic mass is 32.1. The monoisotopic (exact) mass is 441 g/mol. The van der Waals surface area contributed by atoms with Crippen LogP contribution < -0.4 is 10.6 Å². The molecule has 1 atom stereocenters. The summed E-state index contributed by atoms with van der Waals surface area (Å²) >= 11 is 1.33. The van der Waals surface area contributed by atoms with Gasteiger partial charge in [-0.1, -0.05) is 35.5 Å². The molecule has 0 radical (unpaired) electrons. The fourth-order valence-electron chi connectivity index (χ4n) is 2.86. The van der Waals surface area contributed by atoms with Crippen LogP contribution in [-0.4, -0.2) is 35.2 Å². The summed E-state index contributed by atoms with van der Waals surface area (Å²) in [4.78, 5) is 21.7. The average molecular weight is 442 g/mol. The highest BCUT2D eigenvalue weighted by molar-refractivity contribution is 7.13. The van der Waals surface area contributed by atoms with Crippen LogP contribution in [0.4, 0.5) is 0 Å². The van der Waals surface area contributed by atoms with Crippen LogP contribution in [0.2, 0.25) is 0 Å². The average Bonchev–Trinajstić information content (AvgIpc) is 3.40. The third-order valence-electron chi connectivity index (χ3n) is 4.36. The minimum absolute atomic E-state index is 0.137. The van der Waals surface area contributed by atoms with Crippen molar-refractivity contribution in [3.8, 4) is 11.3 Å². The van der Waals surface area contributed by atoms with Gasteiger partial charge in [-0.25, -0.2) is 14.8 Å². The molecule has 2 heterocycles. The van der Waals surface area contributed by atoms with Crippen LogP contribution in [-0.2, 0) is 11.3 Å². The topological polar surface area (TPSA) is 102 Å². The van der Waals surface area contributed by atoms with E-state index in [4.69, 9.17) is 9.26 Å². The molecule has 0 saturated heterocycles. The lowest BCUT2D eigenvalue weighted by Crippen LogP contribution is -2.38. The minimum Gasteiger partial charge on any atom is -0.462 e. The van der Waals surface area contributed by atoms with Crippen molar-refractivity contribution in [2.45, 2.75) is 40.3 Å². The molecule has 3 rings (SSSR count). The van der Waals surface area contributed by atoms with Crippen LogP contribution in [0.5, 0.6) is 0 Å². The van der Waals surface area contributed by atoms with Crippen LogP contribution >= 0.6 is 11.3 Å². The summed E-state index contributed by atoms with van der Waals surface area (Å²) in [6.45, 7) is 8.98. The molecule has 31 heavy (non-hydrogen) atoms. The second kappa shape index (κ2) is 10.7. The zero-order valence-corrected chi connectivity index (χ0v) is 19.0. The number of esters is 1. The molecule has 3 aromatic rings. The number of nitrogens with one attached hydrogen (secondary N) is 2. The summed E-state index contributed by atoms with van der Waals surface area (Å²) in [5, 5.41) is 11.5. The molecular weight excluding hydrogens is 414 g/mol. The highest BCUT2D eigenvalue weighted by Gasteiger charge is 2.20. The van der Waals surface area contributed by atoms with Crippen molar-refractivity contribution in [2.75, 3.05) is 13.2 Å². The fourth-order valence-corrected chi connectivity index (χ4v) is 3.82. The van der Waals surface area contributed by atoms with Crippen molar-refractivity contribution in [3.63, 3.8) is 0 Å². The lowest BCUT2D eigenvalue weighted by atomic mass is 10.2. The fraction of sp³-hybridized carbons (Fsp3) is 0.364. The van der Waals surface area contributed by atoms with E-state index in [1.165, 1.54) is 11.3 Å². The third kappa shape index (κ3) is 5.91. The Morgan fingerprint density at radius 2 is 2.06 bits per heavy atom. The third-order valence-corrected chi connectivity index (χ3v) is 5.68. The van der Waals surface area contributed by atoms with Gasteiger partial charge in [-0.05, 0) is 27.7 Å². The first-order chi connectivity index (χ1) is 15.0. The zero-order valence-electron chi connectivity index (χ0n) is 18.1. The second-order valence-corrected chi connectivity index (χ2v) is 7.83. The van der Waals surface area contributed by atoms with Gasteiger partial charge in [-0.15, -0.1) is 11.3 Å². The number of carbonyl (C=O) groups excluding carboxylic acids is 1. The molecule has 2 aromatic heterocycles. The second-order valence-electron chi connectivity index (χ2n) is 6.80. The number of hydrogen-bond acceptors (Lipinski definition) is 7. The quantitative estimate of drug-likeness (QED) is 0.308. The van der Waals surface area contributed by atoms with Crippen molar-refractivity contribution in [2.24, 2.45) is 4.99 Å². The van der Waals surface area contributed by atoms with E-state index in [2.05, 4.69) is 25.8 Å². The number of rotatable bonds is 8. The smallest absolute Gasteiger partial charge is 0.350 e. The predicted octanol–water partition coefficient (Wildman–Crippen LogP) is 4.10. The van der Waals surface area contributed by atoms with E-state index in [0.717, 1.165) is 16.3 Å². The van der Waals surface area contributed by atoms with Crippen molar-refractivity contribution in [1.29, 1.82) is 0 Å². The van der Waals surface area contributed by atoms with Crippen LogP contribution in [0.1, 0.15) is 52.9 Å². The number of thiazole rings is 1. The molecule has 0 saturated carbocycles. The standard InChI is InChI=1S/C22H27N5O3S/c1-5-23-22(24-13-17-12-18(30-27-17)16-10-8-7-9-11-16)26-15(4)20-25-14(3)19(31-20)21(28)29-6-2/h7-12,15H,5-6,13H2,1-4H3,(H2,23,24,26). The Morgan fingerprint density at radius 3 is 2.77 bits per heavy atom. The minimum atomic E-state index is -0.336. The van der Waals surface area contributed by atoms with E-state index < -0.39 is 0 Å². The van der Waals surface area contributed by atoms with Gasteiger partial charge in [-0.3, -0.25) is 0 Å². The first-order valence-corrected chi connectivity index (χ1v) is 11.0. The Balaban J connectivity index is 1.68. The number of aromatic nitrogens is 2. The maximum atomic E-state index is 12.1. The number of carbonyl (C=O) groups is 1. The largest absolute Gasteiger partial charge is 0.462 e. The number of ether oxygens (including phenoxy) is 1. The maximum Gasteiger partial charge on any atom is 0.350 e. The van der Waals surface area contributed by atoms with E-state index in [-0.39, 0.29) is 12.0 Å². The first kappa shape index (κ1) is 22.5. The summed E-state index contributed by atoms with van der Waals surface area (Å²) in [6, 6.07) is 11.6. The summed E-state index contributed by atoms with van der Waals surface area (Å²) in [5.74, 6) is 1.00. The zero-order chi connectivity index (χ0) is 22.2. The van der Waals surface area contributed by atoms with Gasteiger partial charge >= 0.3 is 5.97 Å². The molecule has 164 valence electrons. The molecule has 2 N–H and O–H groups in total. The van der Waals surface area contributed by atoms with Gasteiger partial charge in [0.25, 0.3) is 0 Å². The van der Waals surface area contributed by atoms with Crippen LogP contribution in [0.15, 0.2) is 45.9 Å². The number of aliphatic imine (C=N–C) groups is 1. The molecule has 0 aliphatic rings. The molecule has 0 fully saturated rings. The number of aryl methyl sites for hydroxylation is 1. The Labute approximate surface area is 185 Å². The van der Waals surface area contributed by atoms with Crippen molar-refractivity contribution in [3.05, 3.63) is 57.7 Å². The molecule has 1 aromatic carbocycles. The van der Waals surface area contributed by atoms with Crippen molar-refractivity contribution >= 4 is 23.3 Å². The van der Waals surface area contributed by atoms with Gasteiger partial charge in [0.15, 0.2) is 11.7 Å². The number of hydrogen-bond donors (Lipinski definition) is 2. The van der Waals surface area contributed by atoms with E-state index in [1.54, 1.807) is 6.92 Å². The van der Waals surface area contributed by atoms with Gasteiger partial charge in [-0.2, -0.15) is 0 Å². The van der Waals surface area contributed by atoms with Gasteiger partial charge in [0.1, 0.15) is 15.6 Å². The first-order valence-electron chi connectivity index (χ1n) is 10.2. The molecule has 8 nitrogen and oxygen atoms in total. The Bertz CT molecular complexity index is 1030. The highest BCUT2D eigenvalue weighted by Crippen LogP contribution is 2.24. The Morgan fingerprint density at radius 1 is 1.29 bits per heavy atom. The lowest BCUT2D eigenvalue weighted by molar-refractivity contribution is 0.0531. The Hall–Kier alpha value is -3.20. The van der Waals surface area contributed by atoms with Crippen molar-refractivity contribution in [1.82, 2.24) is 20.8 Å². The van der Waals surface area contributed by atoms with Gasteiger partial charge in [0.2, 0.25) is 0 Å². The number of guanidine groups is 1. The van der Waals surface area contributed by atoms with E-state index in [9.17, 15) is 4.79 Å². The molecule has 0 aliphatic heterocycles. The summed E-state index contributed by atoms with van der Waals surface area (Å²) < 4.78 is 10.5. The molecule has 0 bridgehead atoms. The maximum absolute atomic E-state index is 12.1. The van der Waals surface area contributed by atoms with Gasteiger partial charge in [0.05, 0.1) is 24.9 Å². The van der Waals surface area contributed by atoms with Crippen LogP contribution in [0.25, 0.3) is 11.3 Å². The van der Waals surface area contributed by atoms with Gasteiger partial charge in [0, 0.05) is 18.2 Å². The molecule has 9 heteroatoms. The lowest BCUT2D eigenvalue weighted by Gasteiger charge is -2.15. The molecule has 0 spiro atoms. The molecular formula is C22H27N5O3S. The molecule has 0 aliphatic carbocycles. The molecule has 0 amide bonds. The normalized spacial score (nSPS) is 12.5. The number of nitrogens with zero attached hydrogens (tertiary/aromatic N) is 3. The Kier molecular flexibility index (Phi) is 7.77. The van der Waals surface area contributed by atoms with Gasteiger partial charge < -0.3 is 19.9 Å². The summed E-state index contributed by atoms with van der Waals surface area (Å²) in [6.07, 6.45) is 0. The number of benzene rings is 1. The predicted molar refractivity (Wildman–Crippen MR) is 121 cm³/mol. The van der Waals surface area contributed by atoms with Crippen LogP contribution in [0, 0.1) is 6.92 Å². The van der Waals surface area contributed by atoms with E-state index >= 15 is 0 Å². The molecule has 1 unspecified atom stereocenters. The van der Waals surface area contributed by atoms with Crippen LogP contribution in [0.3, 0.4) is 0 Å². The van der Waals surface area contributed by atoms with E-state index in [0.29, 0.717) is 42.0 Å². The summed E-state index contributed by atoms with van der Waals surface area (Å²) in [5.41, 5.74) is 2.38. The SMILES string of the molecule is CCNC(=NCc1cc(-c2ccccc2)on1)NC(C)c1nc(C)c(C(=O)OCC)s1.